The Morgan fingerprint density at radius 1 is 0.653 bits per heavy atom. The summed E-state index contributed by atoms with van der Waals surface area (Å²) in [6.07, 6.45) is 0. The van der Waals surface area contributed by atoms with Gasteiger partial charge in [-0.1, -0.05) is 36.4 Å². The first kappa shape index (κ1) is 49.8. The van der Waals surface area contributed by atoms with Crippen molar-refractivity contribution in [2.45, 2.75) is 19.6 Å². The molecule has 10 N–H and O–H groups in total. The SMILES string of the molecule is CN(c1nc(N)nc(Oc2cc(C(=O)O)cc(C(=O)O)c2)n1)c1cc(S(=O)(=O)O)c(Nc2cc(S(=O)(=O)O)c3[nH]c(=O)c(C(=O)c4cccc(S(=O)(=O)O)c4)c4c3c2C(=O)c2ccccc2-4)cc1S(=O)(=O)O. The van der Waals surface area contributed by atoms with E-state index in [1.807, 2.05) is 0 Å². The molecule has 0 amide bonds. The van der Waals surface area contributed by atoms with Crippen LogP contribution in [0.4, 0.5) is 29.0 Å². The summed E-state index contributed by atoms with van der Waals surface area (Å²) < 4.78 is 150. The Hall–Kier alpha value is -8.56. The summed E-state index contributed by atoms with van der Waals surface area (Å²) >= 11 is 0. The number of carbonyl (C=O) groups excluding carboxylic acids is 2. The highest BCUT2D eigenvalue weighted by molar-refractivity contribution is 7.87. The Bertz CT molecular complexity index is 4130. The third kappa shape index (κ3) is 9.17. The fourth-order valence-corrected chi connectivity index (χ4v) is 10.2. The highest BCUT2D eigenvalue weighted by Crippen LogP contribution is 2.47. The molecule has 370 valence electrons. The van der Waals surface area contributed by atoms with Gasteiger partial charge in [0.05, 0.1) is 49.7 Å². The zero-order valence-corrected chi connectivity index (χ0v) is 38.7. The zero-order chi connectivity index (χ0) is 52.7. The number of nitrogens with two attached hydrogens (primary N) is 1. The number of nitrogens with one attached hydrogen (secondary N) is 2. The molecule has 2 heterocycles. The van der Waals surface area contributed by atoms with Crippen LogP contribution in [0, 0.1) is 0 Å². The number of pyridine rings is 1. The summed E-state index contributed by atoms with van der Waals surface area (Å²) in [6, 6.07) is 12.0. The number of carboxylic acid groups (broad SMARTS) is 2. The number of benzene rings is 5. The van der Waals surface area contributed by atoms with E-state index in [1.165, 1.54) is 24.3 Å². The number of ketones is 2. The van der Waals surface area contributed by atoms with E-state index in [0.717, 1.165) is 43.4 Å². The van der Waals surface area contributed by atoms with Gasteiger partial charge in [0.2, 0.25) is 11.9 Å². The van der Waals surface area contributed by atoms with Crippen LogP contribution in [0.25, 0.3) is 22.0 Å². The van der Waals surface area contributed by atoms with E-state index >= 15 is 0 Å². The number of nitrogen functional groups attached to an aromatic ring is 1. The fourth-order valence-electron chi connectivity index (χ4n) is 7.60. The Morgan fingerprint density at radius 2 is 1.25 bits per heavy atom. The van der Waals surface area contributed by atoms with Crippen molar-refractivity contribution < 1.29 is 86.0 Å². The quantitative estimate of drug-likeness (QED) is 0.0556. The molecule has 31 heteroatoms. The third-order valence-corrected chi connectivity index (χ3v) is 14.1. The van der Waals surface area contributed by atoms with Crippen LogP contribution in [0.5, 0.6) is 11.8 Å². The lowest BCUT2D eigenvalue weighted by molar-refractivity contribution is 0.0695. The Balaban J connectivity index is 1.35. The molecule has 0 atom stereocenters. The van der Waals surface area contributed by atoms with E-state index in [2.05, 4.69) is 25.3 Å². The molecule has 72 heavy (non-hydrogen) atoms. The molecule has 0 fully saturated rings. The van der Waals surface area contributed by atoms with E-state index in [0.29, 0.717) is 29.2 Å². The number of hydrogen-bond donors (Lipinski definition) is 9. The molecule has 0 saturated carbocycles. The minimum Gasteiger partial charge on any atom is -0.478 e. The number of ether oxygens (including phenoxy) is 1. The maximum Gasteiger partial charge on any atom is 0.335 e. The minimum atomic E-state index is -5.63. The summed E-state index contributed by atoms with van der Waals surface area (Å²) in [5.74, 6) is -7.28. The predicted molar refractivity (Wildman–Crippen MR) is 245 cm³/mol. The predicted octanol–water partition coefficient (Wildman–Crippen LogP) is 3.42. The molecule has 0 saturated heterocycles. The number of H-pyrrole nitrogens is 1. The first-order valence-electron chi connectivity index (χ1n) is 19.4. The third-order valence-electron chi connectivity index (χ3n) is 10.6. The molecule has 1 aliphatic rings. The van der Waals surface area contributed by atoms with Gasteiger partial charge in [-0.25, -0.2) is 9.59 Å². The number of anilines is 5. The summed E-state index contributed by atoms with van der Waals surface area (Å²) in [7, 11) is -20.7. The van der Waals surface area contributed by atoms with E-state index in [4.69, 9.17) is 10.5 Å². The molecule has 0 unspecified atom stereocenters. The van der Waals surface area contributed by atoms with Gasteiger partial charge in [0.1, 0.15) is 20.4 Å². The number of nitrogens with zero attached hydrogens (tertiary/aromatic N) is 4. The van der Waals surface area contributed by atoms with Crippen LogP contribution in [-0.2, 0) is 40.5 Å². The van der Waals surface area contributed by atoms with Gasteiger partial charge in [0.25, 0.3) is 46.0 Å². The maximum atomic E-state index is 14.6. The molecule has 0 radical (unpaired) electrons. The lowest BCUT2D eigenvalue weighted by atomic mass is 9.80. The largest absolute Gasteiger partial charge is 0.478 e. The van der Waals surface area contributed by atoms with E-state index in [-0.39, 0.29) is 11.1 Å². The van der Waals surface area contributed by atoms with Gasteiger partial charge < -0.3 is 35.9 Å². The Labute approximate surface area is 402 Å². The average molecular weight is 1070 g/mol. The van der Waals surface area contributed by atoms with Crippen molar-refractivity contribution in [1.29, 1.82) is 0 Å². The first-order valence-corrected chi connectivity index (χ1v) is 25.2. The molecular formula is C41H27N7O20S4. The highest BCUT2D eigenvalue weighted by Gasteiger charge is 2.37. The van der Waals surface area contributed by atoms with Gasteiger partial charge in [-0.3, -0.25) is 32.6 Å². The molecule has 1 aliphatic carbocycles. The smallest absolute Gasteiger partial charge is 0.335 e. The molecular weight excluding hydrogens is 1040 g/mol. The normalized spacial score (nSPS) is 12.5. The van der Waals surface area contributed by atoms with Gasteiger partial charge >= 0.3 is 17.9 Å². The lowest BCUT2D eigenvalue weighted by Gasteiger charge is -2.26. The molecule has 0 bridgehead atoms. The van der Waals surface area contributed by atoms with Gasteiger partial charge in [-0.2, -0.15) is 48.6 Å². The molecule has 0 aliphatic heterocycles. The minimum absolute atomic E-state index is 0.190. The number of hydrogen-bond acceptors (Lipinski definition) is 20. The van der Waals surface area contributed by atoms with Crippen LogP contribution in [0.15, 0.2) is 109 Å². The number of rotatable bonds is 14. The van der Waals surface area contributed by atoms with E-state index in [9.17, 15) is 86.1 Å². The second-order valence-electron chi connectivity index (χ2n) is 15.1. The maximum absolute atomic E-state index is 14.6. The van der Waals surface area contributed by atoms with Crippen molar-refractivity contribution in [1.82, 2.24) is 19.9 Å². The van der Waals surface area contributed by atoms with Crippen molar-refractivity contribution in [2.75, 3.05) is 23.0 Å². The topological polar surface area (TPSA) is 448 Å². The van der Waals surface area contributed by atoms with Crippen molar-refractivity contribution in [2.24, 2.45) is 0 Å². The lowest BCUT2D eigenvalue weighted by Crippen LogP contribution is -2.25. The van der Waals surface area contributed by atoms with E-state index in [1.54, 1.807) is 0 Å². The molecule has 8 rings (SSSR count). The van der Waals surface area contributed by atoms with Gasteiger partial charge in [0.15, 0.2) is 11.6 Å². The van der Waals surface area contributed by atoms with Crippen LogP contribution >= 0.6 is 0 Å². The summed E-state index contributed by atoms with van der Waals surface area (Å²) in [6.45, 7) is 0. The first-order chi connectivity index (χ1) is 33.4. The van der Waals surface area contributed by atoms with Crippen LogP contribution < -0.4 is 26.2 Å². The van der Waals surface area contributed by atoms with Crippen molar-refractivity contribution in [3.63, 3.8) is 0 Å². The number of fused-ring (bicyclic) bond motifs is 2. The van der Waals surface area contributed by atoms with E-state index < -0.39 is 174 Å². The number of aromatic amines is 1. The molecule has 2 aromatic heterocycles. The number of aromatic nitrogens is 4. The summed E-state index contributed by atoms with van der Waals surface area (Å²) in [5, 5.41) is 20.7. The van der Waals surface area contributed by atoms with Crippen molar-refractivity contribution >= 4 is 104 Å². The average Bonchev–Trinajstić information content (AvgIpc) is 3.28. The number of carbonyl (C=O) groups is 4. The molecule has 7 aromatic rings. The van der Waals surface area contributed by atoms with Crippen LogP contribution in [-0.4, -0.2) is 113 Å². The van der Waals surface area contributed by atoms with Gasteiger partial charge in [-0.05, 0) is 54.1 Å². The van der Waals surface area contributed by atoms with Crippen LogP contribution in [0.1, 0.15) is 52.6 Å². The molecule has 27 nitrogen and oxygen atoms in total. The second-order valence-corrected chi connectivity index (χ2v) is 20.7. The number of carboxylic acids is 2. The summed E-state index contributed by atoms with van der Waals surface area (Å²) in [4.78, 5) is 76.0. The fraction of sp³-hybridized carbons (Fsp3) is 0.0244. The van der Waals surface area contributed by atoms with Gasteiger partial charge in [-0.15, -0.1) is 0 Å². The monoisotopic (exact) mass is 1070 g/mol. The molecule has 0 spiro atoms. The van der Waals surface area contributed by atoms with Crippen LogP contribution in [0.2, 0.25) is 0 Å². The zero-order valence-electron chi connectivity index (χ0n) is 35.5. The van der Waals surface area contributed by atoms with Crippen LogP contribution in [0.3, 0.4) is 0 Å². The van der Waals surface area contributed by atoms with Gasteiger partial charge in [0, 0.05) is 29.1 Å². The van der Waals surface area contributed by atoms with Crippen molar-refractivity contribution in [3.8, 4) is 22.9 Å². The summed E-state index contributed by atoms with van der Waals surface area (Å²) in [5.41, 5.74) is -3.15. The standard InChI is InChI=1S/C41H27N7O20S4/c1-48(40-45-39(42)46-41(47-40)68-19-10-17(37(52)53)9-18(11-19)38(54)55)25-15-26(70(59,60)61)23(13-27(25)71(62,63)64)43-24-14-28(72(65,66)67)33-31-29(21-7-2-3-8-22(21)35(50)30(24)31)32(36(51)44-33)34(49)16-5-4-6-20(12-16)69(56,57)58/h2-15,43H,1H3,(H,44,51)(H,52,53)(H,54,55)(H,56,57,58)(H,59,60,61)(H,62,63,64)(H,65,66,67)(H2,42,45,46,47). The molecule has 5 aromatic carbocycles. The highest BCUT2D eigenvalue weighted by atomic mass is 32.2. The van der Waals surface area contributed by atoms with Crippen molar-refractivity contribution in [3.05, 3.63) is 129 Å². The Kier molecular flexibility index (Phi) is 12.0. The second kappa shape index (κ2) is 17.4. The number of aromatic carboxylic acids is 2. The Morgan fingerprint density at radius 3 is 1.83 bits per heavy atom.